The maximum atomic E-state index is 12.6. The van der Waals surface area contributed by atoms with Gasteiger partial charge in [-0.3, -0.25) is 9.82 Å². The number of aromatic nitrogens is 2. The summed E-state index contributed by atoms with van der Waals surface area (Å²) in [5, 5.41) is 7.02. The molecule has 0 saturated carbocycles. The lowest BCUT2D eigenvalue weighted by molar-refractivity contribution is 0.603. The zero-order valence-corrected chi connectivity index (χ0v) is 14.7. The Labute approximate surface area is 139 Å². The van der Waals surface area contributed by atoms with Gasteiger partial charge in [-0.2, -0.15) is 5.10 Å². The standard InChI is InChI=1S/C16H17N3O2S2/c1-10-5-4-6-13(12(10)3)19-23(20,21)16-8-7-15(22-16)14-9-11(2)17-18-14/h4-9,19H,1-3H3,(H,17,18). The number of hydrogen-bond acceptors (Lipinski definition) is 4. The molecule has 0 aliphatic heterocycles. The van der Waals surface area contributed by atoms with Gasteiger partial charge in [0.05, 0.1) is 10.6 Å². The first kappa shape index (κ1) is 15.8. The van der Waals surface area contributed by atoms with Crippen molar-refractivity contribution in [1.29, 1.82) is 0 Å². The minimum Gasteiger partial charge on any atom is -0.282 e. The van der Waals surface area contributed by atoms with Crippen molar-refractivity contribution in [3.8, 4) is 10.6 Å². The summed E-state index contributed by atoms with van der Waals surface area (Å²) < 4.78 is 28.1. The van der Waals surface area contributed by atoms with E-state index in [1.807, 2.05) is 39.0 Å². The molecule has 0 amide bonds. The van der Waals surface area contributed by atoms with Crippen LogP contribution < -0.4 is 4.72 Å². The Hall–Kier alpha value is -2.12. The quantitative estimate of drug-likeness (QED) is 0.752. The lowest BCUT2D eigenvalue weighted by Crippen LogP contribution is -2.12. The molecule has 0 atom stereocenters. The molecule has 3 rings (SSSR count). The second kappa shape index (κ2) is 5.82. The number of sulfonamides is 1. The van der Waals surface area contributed by atoms with Crippen LogP contribution in [0.15, 0.2) is 40.6 Å². The van der Waals surface area contributed by atoms with Crippen molar-refractivity contribution < 1.29 is 8.42 Å². The fraction of sp³-hybridized carbons (Fsp3) is 0.188. The summed E-state index contributed by atoms with van der Waals surface area (Å²) in [4.78, 5) is 0.815. The van der Waals surface area contributed by atoms with Crippen LogP contribution in [0.5, 0.6) is 0 Å². The predicted octanol–water partition coefficient (Wildman–Crippen LogP) is 3.86. The first-order chi connectivity index (χ1) is 10.9. The molecule has 0 aliphatic carbocycles. The van der Waals surface area contributed by atoms with Crippen LogP contribution in [-0.2, 0) is 10.0 Å². The second-order valence-corrected chi connectivity index (χ2v) is 8.40. The Kier molecular flexibility index (Phi) is 3.99. The van der Waals surface area contributed by atoms with Gasteiger partial charge >= 0.3 is 0 Å². The monoisotopic (exact) mass is 347 g/mol. The molecule has 23 heavy (non-hydrogen) atoms. The number of hydrogen-bond donors (Lipinski definition) is 2. The molecular formula is C16H17N3O2S2. The molecule has 2 heterocycles. The van der Waals surface area contributed by atoms with Gasteiger partial charge in [-0.05, 0) is 56.2 Å². The van der Waals surface area contributed by atoms with Gasteiger partial charge in [0.15, 0.2) is 0 Å². The Morgan fingerprint density at radius 3 is 2.61 bits per heavy atom. The average molecular weight is 347 g/mol. The lowest BCUT2D eigenvalue weighted by Gasteiger charge is -2.10. The van der Waals surface area contributed by atoms with Gasteiger partial charge < -0.3 is 0 Å². The number of aryl methyl sites for hydroxylation is 2. The fourth-order valence-corrected chi connectivity index (χ4v) is 4.59. The summed E-state index contributed by atoms with van der Waals surface area (Å²) in [7, 11) is -3.60. The van der Waals surface area contributed by atoms with E-state index in [0.29, 0.717) is 5.69 Å². The molecule has 0 aliphatic rings. The van der Waals surface area contributed by atoms with E-state index >= 15 is 0 Å². The molecule has 0 radical (unpaired) electrons. The molecule has 7 heteroatoms. The highest BCUT2D eigenvalue weighted by Crippen LogP contribution is 2.31. The molecule has 120 valence electrons. The maximum Gasteiger partial charge on any atom is 0.271 e. The number of H-pyrrole nitrogens is 1. The van der Waals surface area contributed by atoms with Crippen molar-refractivity contribution in [2.24, 2.45) is 0 Å². The number of nitrogens with zero attached hydrogens (tertiary/aromatic N) is 1. The van der Waals surface area contributed by atoms with E-state index in [-0.39, 0.29) is 4.21 Å². The third-order valence-corrected chi connectivity index (χ3v) is 6.62. The lowest BCUT2D eigenvalue weighted by atomic mass is 10.1. The molecule has 3 aromatic rings. The summed E-state index contributed by atoms with van der Waals surface area (Å²) in [6.45, 7) is 5.76. The van der Waals surface area contributed by atoms with E-state index in [2.05, 4.69) is 14.9 Å². The van der Waals surface area contributed by atoms with Crippen molar-refractivity contribution >= 4 is 27.0 Å². The van der Waals surface area contributed by atoms with E-state index in [4.69, 9.17) is 0 Å². The molecule has 2 aromatic heterocycles. The molecule has 2 N–H and O–H groups in total. The fourth-order valence-electron chi connectivity index (χ4n) is 2.20. The van der Waals surface area contributed by atoms with E-state index in [0.717, 1.165) is 27.4 Å². The van der Waals surface area contributed by atoms with Crippen molar-refractivity contribution in [3.63, 3.8) is 0 Å². The molecule has 0 unspecified atom stereocenters. The zero-order valence-electron chi connectivity index (χ0n) is 13.0. The van der Waals surface area contributed by atoms with Crippen LogP contribution in [0.25, 0.3) is 10.6 Å². The van der Waals surface area contributed by atoms with Crippen LogP contribution >= 0.6 is 11.3 Å². The van der Waals surface area contributed by atoms with Crippen LogP contribution in [0, 0.1) is 20.8 Å². The van der Waals surface area contributed by atoms with Crippen LogP contribution in [0.1, 0.15) is 16.8 Å². The summed E-state index contributed by atoms with van der Waals surface area (Å²) in [6.07, 6.45) is 0. The normalized spacial score (nSPS) is 11.6. The van der Waals surface area contributed by atoms with E-state index in [1.54, 1.807) is 18.2 Å². The second-order valence-electron chi connectivity index (χ2n) is 5.41. The van der Waals surface area contributed by atoms with Gasteiger partial charge in [0.2, 0.25) is 0 Å². The van der Waals surface area contributed by atoms with Gasteiger partial charge in [-0.1, -0.05) is 12.1 Å². The first-order valence-corrected chi connectivity index (χ1v) is 9.38. The highest BCUT2D eigenvalue weighted by atomic mass is 32.2. The first-order valence-electron chi connectivity index (χ1n) is 7.08. The number of benzene rings is 1. The highest BCUT2D eigenvalue weighted by Gasteiger charge is 2.19. The predicted molar refractivity (Wildman–Crippen MR) is 93.4 cm³/mol. The van der Waals surface area contributed by atoms with Crippen LogP contribution in [0.2, 0.25) is 0 Å². The van der Waals surface area contributed by atoms with Crippen LogP contribution in [-0.4, -0.2) is 18.6 Å². The zero-order chi connectivity index (χ0) is 16.6. The topological polar surface area (TPSA) is 74.8 Å². The smallest absolute Gasteiger partial charge is 0.271 e. The molecule has 0 bridgehead atoms. The van der Waals surface area contributed by atoms with Crippen LogP contribution in [0.4, 0.5) is 5.69 Å². The Morgan fingerprint density at radius 2 is 1.91 bits per heavy atom. The Balaban J connectivity index is 1.91. The van der Waals surface area contributed by atoms with Crippen molar-refractivity contribution in [2.45, 2.75) is 25.0 Å². The van der Waals surface area contributed by atoms with Crippen molar-refractivity contribution in [2.75, 3.05) is 4.72 Å². The van der Waals surface area contributed by atoms with E-state index in [1.165, 1.54) is 11.3 Å². The summed E-state index contributed by atoms with van der Waals surface area (Å²) in [5.74, 6) is 0. The number of rotatable bonds is 4. The highest BCUT2D eigenvalue weighted by molar-refractivity contribution is 7.94. The minimum absolute atomic E-state index is 0.272. The maximum absolute atomic E-state index is 12.6. The van der Waals surface area contributed by atoms with Crippen LogP contribution in [0.3, 0.4) is 0 Å². The number of nitrogens with one attached hydrogen (secondary N) is 2. The molecule has 1 aromatic carbocycles. The van der Waals surface area contributed by atoms with Crippen molar-refractivity contribution in [1.82, 2.24) is 10.2 Å². The molecular weight excluding hydrogens is 330 g/mol. The third-order valence-electron chi connectivity index (χ3n) is 3.65. The van der Waals surface area contributed by atoms with E-state index < -0.39 is 10.0 Å². The Morgan fingerprint density at radius 1 is 1.13 bits per heavy atom. The molecule has 0 saturated heterocycles. The van der Waals surface area contributed by atoms with Gasteiger partial charge in [0, 0.05) is 5.69 Å². The van der Waals surface area contributed by atoms with E-state index in [9.17, 15) is 8.42 Å². The number of anilines is 1. The third kappa shape index (κ3) is 3.16. The SMILES string of the molecule is Cc1cc(-c2ccc(S(=O)(=O)Nc3cccc(C)c3C)s2)n[nH]1. The summed E-state index contributed by atoms with van der Waals surface area (Å²) in [5.41, 5.74) is 4.27. The summed E-state index contributed by atoms with van der Waals surface area (Å²) >= 11 is 1.20. The number of thiophene rings is 1. The van der Waals surface area contributed by atoms with Gasteiger partial charge in [-0.25, -0.2) is 8.42 Å². The molecule has 0 spiro atoms. The van der Waals surface area contributed by atoms with Crippen molar-refractivity contribution in [3.05, 3.63) is 53.2 Å². The number of aromatic amines is 1. The van der Waals surface area contributed by atoms with Gasteiger partial charge in [0.1, 0.15) is 9.90 Å². The Bertz CT molecular complexity index is 955. The largest absolute Gasteiger partial charge is 0.282 e. The molecule has 0 fully saturated rings. The van der Waals surface area contributed by atoms with Gasteiger partial charge in [-0.15, -0.1) is 11.3 Å². The average Bonchev–Trinajstić information content (AvgIpc) is 3.12. The summed E-state index contributed by atoms with van der Waals surface area (Å²) in [6, 6.07) is 10.8. The minimum atomic E-state index is -3.60. The van der Waals surface area contributed by atoms with Gasteiger partial charge in [0.25, 0.3) is 10.0 Å². The molecule has 5 nitrogen and oxygen atoms in total.